The molecule has 72 valence electrons. The van der Waals surface area contributed by atoms with Gasteiger partial charge in [0, 0.05) is 0 Å². The summed E-state index contributed by atoms with van der Waals surface area (Å²) in [5, 5.41) is 27.5. The first-order chi connectivity index (χ1) is 5.66. The molecule has 3 N–H and O–H groups in total. The van der Waals surface area contributed by atoms with Crippen LogP contribution in [0.5, 0.6) is 0 Å². The molecule has 4 atom stereocenters. The lowest BCUT2D eigenvalue weighted by Crippen LogP contribution is -2.43. The van der Waals surface area contributed by atoms with Gasteiger partial charge in [0.15, 0.2) is 0 Å². The lowest BCUT2D eigenvalue weighted by molar-refractivity contribution is -0.114. The molecule has 0 radical (unpaired) electrons. The Bertz CT molecular complexity index is 138. The van der Waals surface area contributed by atoms with Crippen molar-refractivity contribution in [2.75, 3.05) is 13.4 Å². The van der Waals surface area contributed by atoms with Crippen molar-refractivity contribution in [2.24, 2.45) is 0 Å². The molecule has 0 unspecified atom stereocenters. The lowest BCUT2D eigenvalue weighted by Gasteiger charge is -2.22. The third-order valence-electron chi connectivity index (χ3n) is 2.00. The molecule has 0 aromatic rings. The number of hydrogen-bond donors (Lipinski definition) is 3. The average molecular weight is 178 g/mol. The zero-order valence-corrected chi connectivity index (χ0v) is 6.88. The number of aliphatic hydroxyl groups excluding tert-OH is 3. The molecule has 1 fully saturated rings. The summed E-state index contributed by atoms with van der Waals surface area (Å²) in [6.07, 6.45) is -3.33. The third-order valence-corrected chi connectivity index (χ3v) is 2.00. The van der Waals surface area contributed by atoms with E-state index in [4.69, 9.17) is 14.6 Å². The van der Waals surface area contributed by atoms with Crippen molar-refractivity contribution in [3.8, 4) is 0 Å². The standard InChI is InChI=1S/C7H14O5/c1-4-6(9)7(10)5(2-8)12-3-11-4/h4-10H,2-3H2,1H3/t4-,5+,6+,7+/m0/s1. The monoisotopic (exact) mass is 178 g/mol. The fraction of sp³-hybridized carbons (Fsp3) is 1.00. The Kier molecular flexibility index (Phi) is 3.42. The van der Waals surface area contributed by atoms with Crippen molar-refractivity contribution < 1.29 is 24.8 Å². The van der Waals surface area contributed by atoms with E-state index in [1.54, 1.807) is 6.92 Å². The highest BCUT2D eigenvalue weighted by molar-refractivity contribution is 4.81. The average Bonchev–Trinajstić information content (AvgIpc) is 2.19. The van der Waals surface area contributed by atoms with Gasteiger partial charge in [-0.15, -0.1) is 0 Å². The minimum Gasteiger partial charge on any atom is -0.394 e. The van der Waals surface area contributed by atoms with Gasteiger partial charge in [0.2, 0.25) is 0 Å². The second kappa shape index (κ2) is 4.15. The second-order valence-electron chi connectivity index (χ2n) is 2.86. The zero-order valence-electron chi connectivity index (χ0n) is 6.88. The van der Waals surface area contributed by atoms with Crippen molar-refractivity contribution in [2.45, 2.75) is 31.3 Å². The van der Waals surface area contributed by atoms with E-state index in [1.807, 2.05) is 0 Å². The van der Waals surface area contributed by atoms with Crippen LogP contribution in [0.4, 0.5) is 0 Å². The Labute approximate surface area is 70.5 Å². The molecule has 0 amide bonds. The maximum atomic E-state index is 9.37. The first kappa shape index (κ1) is 9.88. The number of aliphatic hydroxyl groups is 3. The molecule has 1 aliphatic heterocycles. The Morgan fingerprint density at radius 3 is 2.50 bits per heavy atom. The van der Waals surface area contributed by atoms with E-state index in [9.17, 15) is 10.2 Å². The van der Waals surface area contributed by atoms with Crippen LogP contribution in [0.1, 0.15) is 6.92 Å². The van der Waals surface area contributed by atoms with Gasteiger partial charge in [0.25, 0.3) is 0 Å². The first-order valence-electron chi connectivity index (χ1n) is 3.87. The van der Waals surface area contributed by atoms with Gasteiger partial charge in [0.05, 0.1) is 12.7 Å². The van der Waals surface area contributed by atoms with Crippen LogP contribution in [0.2, 0.25) is 0 Å². The van der Waals surface area contributed by atoms with Gasteiger partial charge < -0.3 is 24.8 Å². The van der Waals surface area contributed by atoms with Crippen LogP contribution >= 0.6 is 0 Å². The van der Waals surface area contributed by atoms with Gasteiger partial charge in [-0.25, -0.2) is 0 Å². The molecule has 0 aromatic carbocycles. The van der Waals surface area contributed by atoms with Crippen molar-refractivity contribution in [3.05, 3.63) is 0 Å². The quantitative estimate of drug-likeness (QED) is 0.453. The Hall–Kier alpha value is -0.200. The predicted molar refractivity (Wildman–Crippen MR) is 39.4 cm³/mol. The molecule has 1 saturated heterocycles. The molecular formula is C7H14O5. The van der Waals surface area contributed by atoms with Gasteiger partial charge in [-0.1, -0.05) is 0 Å². The highest BCUT2D eigenvalue weighted by Crippen LogP contribution is 2.14. The van der Waals surface area contributed by atoms with Gasteiger partial charge >= 0.3 is 0 Å². The van der Waals surface area contributed by atoms with E-state index >= 15 is 0 Å². The molecule has 0 bridgehead atoms. The Morgan fingerprint density at radius 1 is 1.25 bits per heavy atom. The van der Waals surface area contributed by atoms with Crippen molar-refractivity contribution in [1.29, 1.82) is 0 Å². The highest BCUT2D eigenvalue weighted by Gasteiger charge is 2.33. The maximum absolute atomic E-state index is 9.37. The van der Waals surface area contributed by atoms with E-state index in [2.05, 4.69) is 0 Å². The van der Waals surface area contributed by atoms with Crippen molar-refractivity contribution >= 4 is 0 Å². The summed E-state index contributed by atoms with van der Waals surface area (Å²) in [6, 6.07) is 0. The van der Waals surface area contributed by atoms with Crippen LogP contribution in [0.15, 0.2) is 0 Å². The summed E-state index contributed by atoms with van der Waals surface area (Å²) in [7, 11) is 0. The van der Waals surface area contributed by atoms with Crippen LogP contribution in [0.3, 0.4) is 0 Å². The molecule has 0 aliphatic carbocycles. The van der Waals surface area contributed by atoms with E-state index in [0.717, 1.165) is 0 Å². The highest BCUT2D eigenvalue weighted by atomic mass is 16.7. The molecule has 5 nitrogen and oxygen atoms in total. The largest absolute Gasteiger partial charge is 0.394 e. The topological polar surface area (TPSA) is 79.2 Å². The molecule has 0 aromatic heterocycles. The molecule has 0 spiro atoms. The van der Waals surface area contributed by atoms with Crippen molar-refractivity contribution in [3.63, 3.8) is 0 Å². The molecule has 1 aliphatic rings. The van der Waals surface area contributed by atoms with Crippen LogP contribution in [-0.2, 0) is 9.47 Å². The van der Waals surface area contributed by atoms with E-state index < -0.39 is 24.4 Å². The molecule has 5 heteroatoms. The first-order valence-corrected chi connectivity index (χ1v) is 3.87. The van der Waals surface area contributed by atoms with Gasteiger partial charge in [0.1, 0.15) is 25.1 Å². The summed E-state index contributed by atoms with van der Waals surface area (Å²) in [5.74, 6) is 0. The summed E-state index contributed by atoms with van der Waals surface area (Å²) < 4.78 is 9.90. The Balaban J connectivity index is 2.59. The number of ether oxygens (including phenoxy) is 2. The normalized spacial score (nSPS) is 44.0. The smallest absolute Gasteiger partial charge is 0.147 e. The predicted octanol–water partition coefficient (Wildman–Crippen LogP) is -1.54. The van der Waals surface area contributed by atoms with Crippen LogP contribution in [0, 0.1) is 0 Å². The number of hydrogen-bond acceptors (Lipinski definition) is 5. The zero-order chi connectivity index (χ0) is 9.14. The van der Waals surface area contributed by atoms with Gasteiger partial charge in [-0.2, -0.15) is 0 Å². The molecular weight excluding hydrogens is 164 g/mol. The SMILES string of the molecule is C[C@@H]1OCO[C@H](CO)[C@@H](O)[C@@H]1O. The van der Waals surface area contributed by atoms with Gasteiger partial charge in [-0.3, -0.25) is 0 Å². The molecule has 1 rings (SSSR count). The van der Waals surface area contributed by atoms with E-state index in [1.165, 1.54) is 0 Å². The lowest BCUT2D eigenvalue weighted by atomic mass is 10.1. The molecule has 12 heavy (non-hydrogen) atoms. The molecule has 1 heterocycles. The minimum atomic E-state index is -1.09. The van der Waals surface area contributed by atoms with E-state index in [0.29, 0.717) is 0 Å². The second-order valence-corrected chi connectivity index (χ2v) is 2.86. The van der Waals surface area contributed by atoms with Crippen LogP contribution < -0.4 is 0 Å². The van der Waals surface area contributed by atoms with Crippen LogP contribution in [-0.4, -0.2) is 53.1 Å². The maximum Gasteiger partial charge on any atom is 0.147 e. The third kappa shape index (κ3) is 1.94. The Morgan fingerprint density at radius 2 is 1.92 bits per heavy atom. The summed E-state index contributed by atoms with van der Waals surface area (Å²) in [5.41, 5.74) is 0. The summed E-state index contributed by atoms with van der Waals surface area (Å²) >= 11 is 0. The van der Waals surface area contributed by atoms with E-state index in [-0.39, 0.29) is 13.4 Å². The molecule has 0 saturated carbocycles. The summed E-state index contributed by atoms with van der Waals surface area (Å²) in [6.45, 7) is 1.30. The van der Waals surface area contributed by atoms with Crippen molar-refractivity contribution in [1.82, 2.24) is 0 Å². The van der Waals surface area contributed by atoms with Crippen LogP contribution in [0.25, 0.3) is 0 Å². The minimum absolute atomic E-state index is 0.0134. The number of rotatable bonds is 1. The fourth-order valence-electron chi connectivity index (χ4n) is 1.09. The fourth-order valence-corrected chi connectivity index (χ4v) is 1.09. The van der Waals surface area contributed by atoms with Gasteiger partial charge in [-0.05, 0) is 6.92 Å². The summed E-state index contributed by atoms with van der Waals surface area (Å²) in [4.78, 5) is 0.